The molecule has 0 saturated heterocycles. The van der Waals surface area contributed by atoms with E-state index in [9.17, 15) is 31.4 Å². The minimum absolute atomic E-state index is 0.124. The van der Waals surface area contributed by atoms with Crippen LogP contribution in [0.1, 0.15) is 65.3 Å². The Balaban J connectivity index is 1.64. The number of aliphatic hydroxyl groups excluding tert-OH is 1. The summed E-state index contributed by atoms with van der Waals surface area (Å²) in [4.78, 5) is 0. The molecular weight excluding hydrogens is 563 g/mol. The quantitative estimate of drug-likeness (QED) is 0.191. The van der Waals surface area contributed by atoms with E-state index in [1.807, 2.05) is 32.0 Å². The first-order valence-electron chi connectivity index (χ1n) is 13.1. The van der Waals surface area contributed by atoms with Gasteiger partial charge in [-0.25, -0.2) is 4.39 Å². The van der Waals surface area contributed by atoms with Crippen molar-refractivity contribution in [3.05, 3.63) is 130 Å². The number of rotatable bonds is 9. The number of hydrogen-bond acceptors (Lipinski definition) is 3. The van der Waals surface area contributed by atoms with E-state index in [4.69, 9.17) is 4.74 Å². The summed E-state index contributed by atoms with van der Waals surface area (Å²) < 4.78 is 99.5. The van der Waals surface area contributed by atoms with Gasteiger partial charge in [0.1, 0.15) is 17.3 Å². The van der Waals surface area contributed by atoms with E-state index in [0.717, 1.165) is 42.0 Å². The van der Waals surface area contributed by atoms with Crippen LogP contribution in [0, 0.1) is 5.82 Å². The molecule has 0 heterocycles. The lowest BCUT2D eigenvalue weighted by Gasteiger charge is -2.24. The lowest BCUT2D eigenvalue weighted by atomic mass is 9.96. The fourth-order valence-electron chi connectivity index (χ4n) is 4.42. The first-order chi connectivity index (χ1) is 19.7. The predicted molar refractivity (Wildman–Crippen MR) is 145 cm³/mol. The van der Waals surface area contributed by atoms with Crippen LogP contribution in [0.3, 0.4) is 0 Å². The van der Waals surface area contributed by atoms with Crippen LogP contribution < -0.4 is 10.1 Å². The molecule has 0 fully saturated rings. The van der Waals surface area contributed by atoms with Crippen molar-refractivity contribution in [3.63, 3.8) is 0 Å². The molecule has 0 aliphatic heterocycles. The number of benzene rings is 4. The normalized spacial score (nSPS) is 13.7. The highest BCUT2D eigenvalue weighted by Gasteiger charge is 2.32. The summed E-state index contributed by atoms with van der Waals surface area (Å²) in [5.41, 5.74) is -0.523. The van der Waals surface area contributed by atoms with Gasteiger partial charge < -0.3 is 15.2 Å². The predicted octanol–water partition coefficient (Wildman–Crippen LogP) is 9.19. The van der Waals surface area contributed by atoms with Gasteiger partial charge in [-0.05, 0) is 71.1 Å². The molecule has 0 saturated carbocycles. The van der Waals surface area contributed by atoms with Gasteiger partial charge >= 0.3 is 12.4 Å². The van der Waals surface area contributed by atoms with Gasteiger partial charge in [-0.1, -0.05) is 56.3 Å². The molecule has 2 unspecified atom stereocenters. The van der Waals surface area contributed by atoms with Crippen LogP contribution in [0.25, 0.3) is 0 Å². The zero-order valence-electron chi connectivity index (χ0n) is 22.6. The molecule has 0 aliphatic rings. The second-order valence-corrected chi connectivity index (χ2v) is 10.1. The lowest BCUT2D eigenvalue weighted by molar-refractivity contribution is -0.138. The molecule has 0 aliphatic carbocycles. The summed E-state index contributed by atoms with van der Waals surface area (Å²) in [5, 5.41) is 13.6. The van der Waals surface area contributed by atoms with Gasteiger partial charge in [0.25, 0.3) is 0 Å². The van der Waals surface area contributed by atoms with Crippen molar-refractivity contribution in [3.8, 4) is 11.5 Å². The lowest BCUT2D eigenvalue weighted by Crippen LogP contribution is -2.28. The number of aliphatic hydroxyl groups is 1. The van der Waals surface area contributed by atoms with Gasteiger partial charge in [-0.15, -0.1) is 0 Å². The number of hydrogen-bond donors (Lipinski definition) is 2. The Morgan fingerprint density at radius 3 is 1.79 bits per heavy atom. The standard InChI is InChI=1S/C32H28F7NO2/c1-19(2)21-5-3-7-25(15-21)42-26-8-4-6-22(16-26)30(27-14-13-24(17-28(27)33)32(37,38)39)40-18-29(41)20-9-11-23(12-10-20)31(34,35)36/h3-17,19,29-30,40-41H,18H2,1-2H3. The molecule has 0 radical (unpaired) electrons. The van der Waals surface area contributed by atoms with Crippen LogP contribution in [0.5, 0.6) is 11.5 Å². The van der Waals surface area contributed by atoms with Gasteiger partial charge in [-0.3, -0.25) is 0 Å². The molecule has 2 N–H and O–H groups in total. The van der Waals surface area contributed by atoms with Crippen molar-refractivity contribution in [2.24, 2.45) is 0 Å². The van der Waals surface area contributed by atoms with Crippen molar-refractivity contribution in [2.75, 3.05) is 6.54 Å². The average molecular weight is 592 g/mol. The maximum Gasteiger partial charge on any atom is 0.416 e. The summed E-state index contributed by atoms with van der Waals surface area (Å²) in [5.74, 6) is 0.0756. The zero-order chi connectivity index (χ0) is 30.7. The summed E-state index contributed by atoms with van der Waals surface area (Å²) in [7, 11) is 0. The Morgan fingerprint density at radius 1 is 0.690 bits per heavy atom. The van der Waals surface area contributed by atoms with Crippen LogP contribution in [-0.4, -0.2) is 11.7 Å². The highest BCUT2D eigenvalue weighted by atomic mass is 19.4. The monoisotopic (exact) mass is 591 g/mol. The van der Waals surface area contributed by atoms with Crippen molar-refractivity contribution >= 4 is 0 Å². The third-order valence-corrected chi connectivity index (χ3v) is 6.73. The molecule has 2 atom stereocenters. The van der Waals surface area contributed by atoms with Crippen LogP contribution >= 0.6 is 0 Å². The van der Waals surface area contributed by atoms with Crippen molar-refractivity contribution < 1.29 is 40.6 Å². The molecule has 0 bridgehead atoms. The maximum absolute atomic E-state index is 15.1. The Hall–Kier alpha value is -3.89. The largest absolute Gasteiger partial charge is 0.457 e. The summed E-state index contributed by atoms with van der Waals surface area (Å²) >= 11 is 0. The Labute approximate surface area is 238 Å². The Morgan fingerprint density at radius 2 is 1.24 bits per heavy atom. The second kappa shape index (κ2) is 12.5. The third kappa shape index (κ3) is 7.68. The Bertz CT molecular complexity index is 1500. The van der Waals surface area contributed by atoms with Crippen molar-refractivity contribution in [1.82, 2.24) is 5.32 Å². The maximum atomic E-state index is 15.1. The number of ether oxygens (including phenoxy) is 1. The number of alkyl halides is 6. The first-order valence-corrected chi connectivity index (χ1v) is 13.1. The highest BCUT2D eigenvalue weighted by molar-refractivity contribution is 5.41. The van der Waals surface area contributed by atoms with E-state index in [1.165, 1.54) is 0 Å². The van der Waals surface area contributed by atoms with E-state index in [2.05, 4.69) is 5.32 Å². The molecule has 0 spiro atoms. The van der Waals surface area contributed by atoms with Crippen LogP contribution in [0.2, 0.25) is 0 Å². The van der Waals surface area contributed by atoms with Gasteiger partial charge in [0.05, 0.1) is 23.3 Å². The van der Waals surface area contributed by atoms with E-state index >= 15 is 4.39 Å². The second-order valence-electron chi connectivity index (χ2n) is 10.1. The third-order valence-electron chi connectivity index (χ3n) is 6.73. The molecule has 4 aromatic rings. The number of nitrogens with one attached hydrogen (secondary N) is 1. The first kappa shape index (κ1) is 31.1. The van der Waals surface area contributed by atoms with E-state index < -0.39 is 41.4 Å². The fraction of sp³-hybridized carbons (Fsp3) is 0.250. The molecule has 42 heavy (non-hydrogen) atoms. The molecule has 10 heteroatoms. The van der Waals surface area contributed by atoms with Gasteiger partial charge in [0.2, 0.25) is 0 Å². The van der Waals surface area contributed by atoms with Crippen molar-refractivity contribution in [1.29, 1.82) is 0 Å². The minimum Gasteiger partial charge on any atom is -0.457 e. The number of halogens is 7. The minimum atomic E-state index is -4.75. The van der Waals surface area contributed by atoms with E-state index in [-0.39, 0.29) is 23.6 Å². The molecule has 4 aromatic carbocycles. The van der Waals surface area contributed by atoms with E-state index in [1.54, 1.807) is 30.3 Å². The zero-order valence-corrected chi connectivity index (χ0v) is 22.6. The van der Waals surface area contributed by atoms with E-state index in [0.29, 0.717) is 23.1 Å². The molecule has 3 nitrogen and oxygen atoms in total. The topological polar surface area (TPSA) is 41.5 Å². The van der Waals surface area contributed by atoms with Crippen molar-refractivity contribution in [2.45, 2.75) is 44.3 Å². The molecule has 4 rings (SSSR count). The Kier molecular flexibility index (Phi) is 9.27. The van der Waals surface area contributed by atoms with Crippen LogP contribution in [0.4, 0.5) is 30.7 Å². The fourth-order valence-corrected chi connectivity index (χ4v) is 4.42. The SMILES string of the molecule is CC(C)c1cccc(Oc2cccc(C(NCC(O)c3ccc(C(F)(F)F)cc3)c3ccc(C(F)(F)F)cc3F)c2)c1. The molecule has 222 valence electrons. The summed E-state index contributed by atoms with van der Waals surface area (Å²) in [6, 6.07) is 19.0. The van der Waals surface area contributed by atoms with Crippen LogP contribution in [-0.2, 0) is 12.4 Å². The summed E-state index contributed by atoms with van der Waals surface area (Å²) in [6.07, 6.45) is -10.6. The summed E-state index contributed by atoms with van der Waals surface area (Å²) in [6.45, 7) is 3.82. The molecular formula is C32H28F7NO2. The van der Waals surface area contributed by atoms with Crippen LogP contribution in [0.15, 0.2) is 91.0 Å². The van der Waals surface area contributed by atoms with Gasteiger partial charge in [0.15, 0.2) is 0 Å². The molecule has 0 amide bonds. The van der Waals surface area contributed by atoms with Gasteiger partial charge in [-0.2, -0.15) is 26.3 Å². The highest BCUT2D eigenvalue weighted by Crippen LogP contribution is 2.35. The van der Waals surface area contributed by atoms with Gasteiger partial charge in [0, 0.05) is 12.1 Å². The average Bonchev–Trinajstić information content (AvgIpc) is 2.93. The smallest absolute Gasteiger partial charge is 0.416 e. The molecule has 0 aromatic heterocycles.